The quantitative estimate of drug-likeness (QED) is 0.130. The molecule has 42 heavy (non-hydrogen) atoms. The fourth-order valence-corrected chi connectivity index (χ4v) is 6.53. The zero-order chi connectivity index (χ0) is 30.5. The summed E-state index contributed by atoms with van der Waals surface area (Å²) in [4.78, 5) is 4.76. The highest BCUT2D eigenvalue weighted by Crippen LogP contribution is 2.39. The molecule has 0 saturated carbocycles. The average Bonchev–Trinajstić information content (AvgIpc) is 3.28. The summed E-state index contributed by atoms with van der Waals surface area (Å²) >= 11 is 0. The van der Waals surface area contributed by atoms with E-state index in [-0.39, 0.29) is 22.9 Å². The second kappa shape index (κ2) is 13.4. The number of ether oxygens (including phenoxy) is 3. The molecule has 2 atom stereocenters. The van der Waals surface area contributed by atoms with E-state index in [4.69, 9.17) is 33.3 Å². The second-order valence-electron chi connectivity index (χ2n) is 12.6. The molecule has 1 saturated heterocycles. The molecule has 2 aromatic heterocycles. The zero-order valence-corrected chi connectivity index (χ0v) is 27.4. The van der Waals surface area contributed by atoms with E-state index in [1.807, 2.05) is 22.9 Å². The van der Waals surface area contributed by atoms with Gasteiger partial charge in [-0.15, -0.1) is 0 Å². The Bertz CT molecular complexity index is 1450. The Hall–Kier alpha value is -2.51. The van der Waals surface area contributed by atoms with Gasteiger partial charge in [-0.1, -0.05) is 33.8 Å². The van der Waals surface area contributed by atoms with E-state index in [0.717, 1.165) is 48.2 Å². The normalized spacial score (nSPS) is 17.4. The number of nitrogens with zero attached hydrogens (tertiary/aromatic N) is 3. The topological polar surface area (TPSA) is 122 Å². The molecule has 1 aromatic carbocycles. The zero-order valence-electron chi connectivity index (χ0n) is 25.6. The van der Waals surface area contributed by atoms with E-state index < -0.39 is 18.4 Å². The van der Waals surface area contributed by atoms with Crippen molar-refractivity contribution >= 4 is 29.3 Å². The van der Waals surface area contributed by atoms with Crippen molar-refractivity contribution in [2.45, 2.75) is 77.7 Å². The van der Waals surface area contributed by atoms with Crippen molar-refractivity contribution in [3.8, 4) is 23.0 Å². The van der Waals surface area contributed by atoms with E-state index in [9.17, 15) is 8.42 Å². The van der Waals surface area contributed by atoms with Crippen LogP contribution in [0.5, 0.6) is 11.6 Å². The van der Waals surface area contributed by atoms with Crippen LogP contribution in [0.15, 0.2) is 36.4 Å². The molecule has 1 fully saturated rings. The second-order valence-corrected chi connectivity index (χ2v) is 18.8. The number of fused-ring (bicyclic) bond motifs is 1. The smallest absolute Gasteiger partial charge is 0.265 e. The van der Waals surface area contributed by atoms with Crippen LogP contribution in [0.4, 0.5) is 0 Å². The van der Waals surface area contributed by atoms with Gasteiger partial charge in [-0.25, -0.2) is 9.67 Å². The Balaban J connectivity index is 1.51. The molecule has 1 aliphatic heterocycles. The summed E-state index contributed by atoms with van der Waals surface area (Å²) < 4.78 is 57.1. The molecule has 4 rings (SSSR count). The highest BCUT2D eigenvalue weighted by atomic mass is 32.2. The number of rotatable bonds is 13. The van der Waals surface area contributed by atoms with Crippen LogP contribution in [0.2, 0.25) is 18.1 Å². The van der Waals surface area contributed by atoms with E-state index in [1.165, 1.54) is 0 Å². The third-order valence-corrected chi connectivity index (χ3v) is 13.3. The lowest BCUT2D eigenvalue weighted by Crippen LogP contribution is -2.43. The van der Waals surface area contributed by atoms with E-state index in [2.05, 4.69) is 46.0 Å². The van der Waals surface area contributed by atoms with Gasteiger partial charge in [-0.05, 0) is 74.0 Å². The number of pyridine rings is 1. The summed E-state index contributed by atoms with van der Waals surface area (Å²) in [6.45, 7) is 14.6. The molecule has 232 valence electrons. The molecule has 0 aliphatic carbocycles. The van der Waals surface area contributed by atoms with Gasteiger partial charge in [-0.2, -0.15) is 13.5 Å². The number of hydrogen-bond donors (Lipinski definition) is 1. The van der Waals surface area contributed by atoms with Gasteiger partial charge < -0.3 is 18.6 Å². The molecule has 1 N–H and O–H groups in total. The van der Waals surface area contributed by atoms with Gasteiger partial charge in [0.1, 0.15) is 18.1 Å². The molecule has 0 radical (unpaired) electrons. The Morgan fingerprint density at radius 1 is 1.14 bits per heavy atom. The van der Waals surface area contributed by atoms with Crippen LogP contribution in [0.3, 0.4) is 0 Å². The molecule has 0 bridgehead atoms. The summed E-state index contributed by atoms with van der Waals surface area (Å²) in [5, 5.41) is 6.04. The highest BCUT2D eigenvalue weighted by Gasteiger charge is 2.39. The Morgan fingerprint density at radius 3 is 2.62 bits per heavy atom. The molecule has 3 heterocycles. The minimum absolute atomic E-state index is 0.0696. The molecule has 10 nitrogen and oxygen atoms in total. The molecule has 1 aliphatic rings. The minimum atomic E-state index is -3.98. The van der Waals surface area contributed by atoms with Crippen LogP contribution in [0, 0.1) is 5.92 Å². The Morgan fingerprint density at radius 2 is 1.93 bits per heavy atom. The SMILES string of the molecule is CC(CCOCCOc1cccc(-c2nn(C3CCCCO3)c3ccc(O[Si](C)(C)C(C)(C)C)cc23)n1)CS(=O)(=O)O. The predicted octanol–water partition coefficient (Wildman–Crippen LogP) is 6.49. The molecular weight excluding hydrogens is 574 g/mol. The Labute approximate surface area is 250 Å². The lowest BCUT2D eigenvalue weighted by molar-refractivity contribution is -0.0365. The minimum Gasteiger partial charge on any atom is -0.543 e. The van der Waals surface area contributed by atoms with E-state index in [1.54, 1.807) is 13.0 Å². The van der Waals surface area contributed by atoms with Crippen LogP contribution < -0.4 is 9.16 Å². The molecule has 12 heteroatoms. The maximum absolute atomic E-state index is 11.0. The first kappa shape index (κ1) is 32.4. The first-order valence-corrected chi connectivity index (χ1v) is 19.2. The molecule has 2 unspecified atom stereocenters. The summed E-state index contributed by atoms with van der Waals surface area (Å²) in [6.07, 6.45) is 3.45. The van der Waals surface area contributed by atoms with E-state index in [0.29, 0.717) is 37.8 Å². The monoisotopic (exact) mass is 619 g/mol. The number of hydrogen-bond acceptors (Lipinski definition) is 8. The van der Waals surface area contributed by atoms with Crippen molar-refractivity contribution in [2.75, 3.05) is 32.2 Å². The lowest BCUT2D eigenvalue weighted by Gasteiger charge is -2.36. The standard InChI is InChI=1S/C30H45N3O7SSi/c1-22(21-41(34,35)36)15-17-37-18-19-38-27-11-9-10-25(31-27)29-24-20-23(40-42(5,6)30(2,3)4)13-14-26(24)33(32-29)28-12-7-8-16-39-28/h9-11,13-14,20,22,28H,7-8,12,15-19,21H2,1-6H3,(H,34,35,36). The van der Waals surface area contributed by atoms with Gasteiger partial charge in [0.25, 0.3) is 10.1 Å². The summed E-state index contributed by atoms with van der Waals surface area (Å²) in [6, 6.07) is 11.8. The first-order valence-electron chi connectivity index (χ1n) is 14.7. The van der Waals surface area contributed by atoms with Crippen molar-refractivity contribution in [3.63, 3.8) is 0 Å². The molecular formula is C30H45N3O7SSi. The van der Waals surface area contributed by atoms with Gasteiger partial charge in [0.2, 0.25) is 14.2 Å². The van der Waals surface area contributed by atoms with Gasteiger partial charge in [-0.3, -0.25) is 4.55 Å². The molecule has 0 amide bonds. The van der Waals surface area contributed by atoms with E-state index >= 15 is 0 Å². The number of benzene rings is 1. The average molecular weight is 620 g/mol. The summed E-state index contributed by atoms with van der Waals surface area (Å²) in [7, 11) is -6.02. The molecule has 0 spiro atoms. The van der Waals surface area contributed by atoms with Crippen LogP contribution in [0.25, 0.3) is 22.3 Å². The van der Waals surface area contributed by atoms with Crippen LogP contribution >= 0.6 is 0 Å². The van der Waals surface area contributed by atoms with Gasteiger partial charge >= 0.3 is 0 Å². The Kier molecular flexibility index (Phi) is 10.4. The summed E-state index contributed by atoms with van der Waals surface area (Å²) in [5.41, 5.74) is 2.41. The third-order valence-electron chi connectivity index (χ3n) is 7.98. The summed E-state index contributed by atoms with van der Waals surface area (Å²) in [5.74, 6) is 0.821. The third kappa shape index (κ3) is 8.53. The van der Waals surface area contributed by atoms with Gasteiger partial charge in [0.05, 0.1) is 23.6 Å². The molecule has 3 aromatic rings. The van der Waals surface area contributed by atoms with Crippen LogP contribution in [-0.2, 0) is 19.6 Å². The largest absolute Gasteiger partial charge is 0.543 e. The lowest BCUT2D eigenvalue weighted by atomic mass is 10.1. The maximum atomic E-state index is 11.0. The van der Waals surface area contributed by atoms with Crippen molar-refractivity contribution in [1.82, 2.24) is 14.8 Å². The fourth-order valence-electron chi connectivity index (χ4n) is 4.62. The maximum Gasteiger partial charge on any atom is 0.265 e. The van der Waals surface area contributed by atoms with Crippen molar-refractivity contribution in [3.05, 3.63) is 36.4 Å². The van der Waals surface area contributed by atoms with Gasteiger partial charge in [0.15, 0.2) is 6.23 Å². The van der Waals surface area contributed by atoms with Crippen molar-refractivity contribution in [2.24, 2.45) is 5.92 Å². The van der Waals surface area contributed by atoms with Crippen LogP contribution in [0.1, 0.15) is 59.6 Å². The predicted molar refractivity (Wildman–Crippen MR) is 166 cm³/mol. The van der Waals surface area contributed by atoms with Crippen molar-refractivity contribution < 1.29 is 31.6 Å². The fraction of sp³-hybridized carbons (Fsp3) is 0.600. The number of aromatic nitrogens is 3. The van der Waals surface area contributed by atoms with Crippen molar-refractivity contribution in [1.29, 1.82) is 0 Å². The highest BCUT2D eigenvalue weighted by molar-refractivity contribution is 7.85. The first-order chi connectivity index (χ1) is 19.7. The van der Waals surface area contributed by atoms with Crippen LogP contribution in [-0.4, -0.2) is 68.2 Å². The van der Waals surface area contributed by atoms with Gasteiger partial charge in [0, 0.05) is 24.7 Å².